The van der Waals surface area contributed by atoms with Crippen molar-refractivity contribution in [1.82, 2.24) is 0 Å². The largest absolute Gasteiger partial charge is 0.748 e. The maximum absolute atomic E-state index is 9.83. The molecule has 0 N–H and O–H groups in total. The molecule has 0 aromatic heterocycles. The van der Waals surface area contributed by atoms with Gasteiger partial charge in [0.05, 0.1) is 18.0 Å². The standard InChI is InChI=1S/C24H25P.C4H10O3S.FH/c1-4-10-20(11-5-1)21-16-18-24(19-17-21)25(22-12-6-2-7-13-22)23-14-8-3-9-15-23;1-2-3-4-8(5,6)7;/h2-3,6-9,12-20H,1,4-5,10-11H2;2-4H2,1H3,(H,5,6,7);1H. The summed E-state index contributed by atoms with van der Waals surface area (Å²) in [5, 5.41) is 4.41. The van der Waals surface area contributed by atoms with E-state index in [4.69, 9.17) is 0 Å². The third-order valence-electron chi connectivity index (χ3n) is 6.15. The van der Waals surface area contributed by atoms with E-state index >= 15 is 0 Å². The number of rotatable bonds is 7. The van der Waals surface area contributed by atoms with Crippen molar-refractivity contribution in [2.75, 3.05) is 5.75 Å². The van der Waals surface area contributed by atoms with Gasteiger partial charge in [0, 0.05) is 5.75 Å². The molecule has 3 nitrogen and oxygen atoms in total. The number of hydrogen-bond acceptors (Lipinski definition) is 3. The van der Waals surface area contributed by atoms with E-state index in [0.717, 1.165) is 12.3 Å². The summed E-state index contributed by atoms with van der Waals surface area (Å²) >= 11 is 0. The molecule has 0 heterocycles. The lowest BCUT2D eigenvalue weighted by atomic mass is 9.84. The molecule has 0 aliphatic heterocycles. The Morgan fingerprint density at radius 2 is 1.24 bits per heavy atom. The van der Waals surface area contributed by atoms with E-state index in [1.54, 1.807) is 5.56 Å². The maximum Gasteiger partial charge on any atom is 0.102 e. The average molecular weight is 503 g/mol. The van der Waals surface area contributed by atoms with E-state index in [-0.39, 0.29) is 10.5 Å². The average Bonchev–Trinajstić information content (AvgIpc) is 2.85. The fourth-order valence-electron chi connectivity index (χ4n) is 4.39. The Morgan fingerprint density at radius 1 is 0.765 bits per heavy atom. The van der Waals surface area contributed by atoms with Crippen LogP contribution in [0.2, 0.25) is 0 Å². The zero-order valence-electron chi connectivity index (χ0n) is 19.9. The van der Waals surface area contributed by atoms with Crippen LogP contribution in [-0.4, -0.2) is 18.7 Å². The molecule has 1 saturated carbocycles. The predicted octanol–water partition coefficient (Wildman–Crippen LogP) is 5.71. The van der Waals surface area contributed by atoms with Gasteiger partial charge in [-0.2, -0.15) is 0 Å². The van der Waals surface area contributed by atoms with Crippen LogP contribution in [0.5, 0.6) is 0 Å². The molecular formula is C28H36FO3PS. The molecule has 4 rings (SSSR count). The van der Waals surface area contributed by atoms with Gasteiger partial charge in [0.15, 0.2) is 0 Å². The van der Waals surface area contributed by atoms with Gasteiger partial charge in [-0.15, -0.1) is 0 Å². The minimum Gasteiger partial charge on any atom is -0.748 e. The summed E-state index contributed by atoms with van der Waals surface area (Å²) in [6.45, 7) is 1.84. The summed E-state index contributed by atoms with van der Waals surface area (Å²) in [7, 11) is -4.86. The summed E-state index contributed by atoms with van der Waals surface area (Å²) < 4.78 is 29.5. The fraction of sp³-hybridized carbons (Fsp3) is 0.357. The number of benzene rings is 3. The molecule has 3 aromatic rings. The Balaban J connectivity index is 0.000000394. The molecule has 0 spiro atoms. The van der Waals surface area contributed by atoms with Gasteiger partial charge in [-0.25, -0.2) is 8.42 Å². The summed E-state index contributed by atoms with van der Waals surface area (Å²) in [4.78, 5) is 0. The second kappa shape index (κ2) is 14.4. The number of hydrogen-bond donors (Lipinski definition) is 0. The first kappa shape index (κ1) is 28.2. The van der Waals surface area contributed by atoms with Gasteiger partial charge in [-0.1, -0.05) is 81.1 Å². The van der Waals surface area contributed by atoms with Gasteiger partial charge < -0.3 is 4.55 Å². The van der Waals surface area contributed by atoms with Crippen LogP contribution in [-0.2, 0) is 10.1 Å². The maximum atomic E-state index is 9.83. The Hall–Kier alpha value is -2.07. The zero-order valence-corrected chi connectivity index (χ0v) is 21.7. The van der Waals surface area contributed by atoms with E-state index in [2.05, 4.69) is 84.9 Å². The number of halogens is 1. The third-order valence-corrected chi connectivity index (χ3v) is 9.67. The molecule has 0 amide bonds. The Labute approximate surface area is 205 Å². The SMILES string of the molecule is CCCCS(=O)(=O)[O-].F.c1ccc([PH+](c2ccccc2)c2ccc(C3CCCCC3)cc2)cc1. The second-order valence-corrected chi connectivity index (χ2v) is 12.7. The first-order valence-corrected chi connectivity index (χ1v) is 15.1. The number of unbranched alkanes of at least 4 members (excludes halogenated alkanes) is 1. The summed E-state index contributed by atoms with van der Waals surface area (Å²) in [6, 6.07) is 31.7. The molecule has 0 saturated heterocycles. The topological polar surface area (TPSA) is 57.2 Å². The van der Waals surface area contributed by atoms with Crippen LogP contribution in [0.4, 0.5) is 4.70 Å². The van der Waals surface area contributed by atoms with E-state index in [0.29, 0.717) is 6.42 Å². The van der Waals surface area contributed by atoms with Crippen molar-refractivity contribution in [1.29, 1.82) is 0 Å². The first-order valence-electron chi connectivity index (χ1n) is 12.0. The van der Waals surface area contributed by atoms with Crippen LogP contribution >= 0.6 is 7.92 Å². The summed E-state index contributed by atoms with van der Waals surface area (Å²) in [6.07, 6.45) is 8.19. The van der Waals surface area contributed by atoms with Crippen LogP contribution < -0.4 is 15.9 Å². The minimum absolute atomic E-state index is 0. The van der Waals surface area contributed by atoms with Crippen LogP contribution in [0.1, 0.15) is 63.4 Å². The van der Waals surface area contributed by atoms with Crippen molar-refractivity contribution in [3.05, 3.63) is 90.5 Å². The van der Waals surface area contributed by atoms with Crippen LogP contribution in [0.15, 0.2) is 84.9 Å². The van der Waals surface area contributed by atoms with Crippen molar-refractivity contribution < 1.29 is 17.7 Å². The van der Waals surface area contributed by atoms with E-state index < -0.39 is 18.0 Å². The molecule has 6 heteroatoms. The molecule has 1 fully saturated rings. The molecule has 184 valence electrons. The van der Waals surface area contributed by atoms with E-state index in [9.17, 15) is 13.0 Å². The van der Waals surface area contributed by atoms with Gasteiger partial charge in [-0.3, -0.25) is 4.70 Å². The monoisotopic (exact) mass is 502 g/mol. The summed E-state index contributed by atoms with van der Waals surface area (Å²) in [5.74, 6) is 0.565. The van der Waals surface area contributed by atoms with Crippen molar-refractivity contribution in [3.63, 3.8) is 0 Å². The lowest BCUT2D eigenvalue weighted by molar-refractivity contribution is 0.443. The highest BCUT2D eigenvalue weighted by Gasteiger charge is 2.25. The third kappa shape index (κ3) is 8.94. The van der Waals surface area contributed by atoms with Crippen LogP contribution in [0, 0.1) is 0 Å². The zero-order chi connectivity index (χ0) is 23.5. The van der Waals surface area contributed by atoms with Crippen molar-refractivity contribution in [2.24, 2.45) is 0 Å². The molecule has 1 aliphatic rings. The lowest BCUT2D eigenvalue weighted by Crippen LogP contribution is -2.20. The van der Waals surface area contributed by atoms with Gasteiger partial charge in [-0.05, 0) is 67.1 Å². The van der Waals surface area contributed by atoms with Crippen LogP contribution in [0.3, 0.4) is 0 Å². The van der Waals surface area contributed by atoms with Gasteiger partial charge in [0.1, 0.15) is 15.9 Å². The van der Waals surface area contributed by atoms with Crippen LogP contribution in [0.25, 0.3) is 0 Å². The smallest absolute Gasteiger partial charge is 0.102 e. The molecule has 0 bridgehead atoms. The lowest BCUT2D eigenvalue weighted by Gasteiger charge is -2.22. The fourth-order valence-corrected chi connectivity index (χ4v) is 7.58. The molecule has 34 heavy (non-hydrogen) atoms. The molecule has 0 radical (unpaired) electrons. The van der Waals surface area contributed by atoms with Crippen molar-refractivity contribution >= 4 is 34.0 Å². The van der Waals surface area contributed by atoms with Gasteiger partial charge >= 0.3 is 0 Å². The second-order valence-electron chi connectivity index (χ2n) is 8.68. The predicted molar refractivity (Wildman–Crippen MR) is 144 cm³/mol. The Morgan fingerprint density at radius 3 is 1.65 bits per heavy atom. The molecular weight excluding hydrogens is 466 g/mol. The minimum atomic E-state index is -3.94. The molecule has 0 atom stereocenters. The first-order chi connectivity index (χ1) is 16.0. The normalized spacial score (nSPS) is 14.1. The Kier molecular flexibility index (Phi) is 11.9. The van der Waals surface area contributed by atoms with Gasteiger partial charge in [0.2, 0.25) is 0 Å². The van der Waals surface area contributed by atoms with Crippen molar-refractivity contribution in [3.8, 4) is 0 Å². The van der Waals surface area contributed by atoms with Gasteiger partial charge in [0.25, 0.3) is 0 Å². The molecule has 0 unspecified atom stereocenters. The highest BCUT2D eigenvalue weighted by atomic mass is 32.2. The molecule has 1 aliphatic carbocycles. The summed E-state index contributed by atoms with van der Waals surface area (Å²) in [5.41, 5.74) is 1.55. The Bertz CT molecular complexity index is 1010. The highest BCUT2D eigenvalue weighted by molar-refractivity contribution is 7.85. The van der Waals surface area contributed by atoms with E-state index in [1.165, 1.54) is 48.0 Å². The molecule has 3 aromatic carbocycles. The highest BCUT2D eigenvalue weighted by Crippen LogP contribution is 2.35. The van der Waals surface area contributed by atoms with Crippen molar-refractivity contribution in [2.45, 2.75) is 57.8 Å². The van der Waals surface area contributed by atoms with E-state index in [1.807, 2.05) is 6.92 Å². The quantitative estimate of drug-likeness (QED) is 0.307.